The summed E-state index contributed by atoms with van der Waals surface area (Å²) in [4.78, 5) is 37.7. The minimum Gasteiger partial charge on any atom is -0.444 e. The Kier molecular flexibility index (Phi) is 7.61. The molecule has 0 radical (unpaired) electrons. The van der Waals surface area contributed by atoms with Gasteiger partial charge in [-0.25, -0.2) is 18.0 Å². The highest BCUT2D eigenvalue weighted by atomic mass is 32.2. The van der Waals surface area contributed by atoms with Crippen LogP contribution in [0.3, 0.4) is 0 Å². The quantitative estimate of drug-likeness (QED) is 0.474. The molecule has 1 aliphatic heterocycles. The number of carbonyl (C=O) groups is 2. The van der Waals surface area contributed by atoms with Gasteiger partial charge in [0.1, 0.15) is 5.60 Å². The Balaban J connectivity index is 1.52. The Morgan fingerprint density at radius 2 is 1.79 bits per heavy atom. The smallest absolute Gasteiger partial charge is 0.407 e. The van der Waals surface area contributed by atoms with Crippen molar-refractivity contribution in [1.82, 2.24) is 14.2 Å². The average Bonchev–Trinajstić information content (AvgIpc) is 3.31. The van der Waals surface area contributed by atoms with Gasteiger partial charge in [0.15, 0.2) is 6.73 Å². The molecule has 0 aliphatic carbocycles. The zero-order valence-electron chi connectivity index (χ0n) is 21.8. The van der Waals surface area contributed by atoms with E-state index in [1.54, 1.807) is 45.9 Å². The minimum absolute atomic E-state index is 0.00549. The molecule has 4 rings (SSSR count). The number of ether oxygens (including phenoxy) is 2. The third-order valence-electron chi connectivity index (χ3n) is 6.17. The number of benzene rings is 2. The van der Waals surface area contributed by atoms with E-state index in [0.29, 0.717) is 12.0 Å². The van der Waals surface area contributed by atoms with Gasteiger partial charge in [0.05, 0.1) is 10.5 Å². The summed E-state index contributed by atoms with van der Waals surface area (Å²) in [6, 6.07) is 12.6. The van der Waals surface area contributed by atoms with Crippen LogP contribution in [0.2, 0.25) is 0 Å². The Morgan fingerprint density at radius 1 is 1.05 bits per heavy atom. The number of fused-ring (bicyclic) bond motifs is 1. The molecule has 10 nitrogen and oxygen atoms in total. The van der Waals surface area contributed by atoms with Crippen molar-refractivity contribution >= 4 is 32.9 Å². The van der Waals surface area contributed by atoms with Crippen molar-refractivity contribution in [3.63, 3.8) is 0 Å². The van der Waals surface area contributed by atoms with Gasteiger partial charge in [-0.05, 0) is 63.9 Å². The van der Waals surface area contributed by atoms with Crippen LogP contribution in [-0.4, -0.2) is 54.1 Å². The summed E-state index contributed by atoms with van der Waals surface area (Å²) in [6.07, 6.45) is 1.24. The van der Waals surface area contributed by atoms with Crippen LogP contribution in [0.15, 0.2) is 64.4 Å². The summed E-state index contributed by atoms with van der Waals surface area (Å²) >= 11 is 0. The van der Waals surface area contributed by atoms with Gasteiger partial charge >= 0.3 is 12.1 Å². The lowest BCUT2D eigenvalue weighted by atomic mass is 10.1. The van der Waals surface area contributed by atoms with Gasteiger partial charge in [-0.2, -0.15) is 4.31 Å². The van der Waals surface area contributed by atoms with Crippen LogP contribution >= 0.6 is 0 Å². The van der Waals surface area contributed by atoms with Crippen molar-refractivity contribution in [2.75, 3.05) is 13.1 Å². The summed E-state index contributed by atoms with van der Waals surface area (Å²) < 4.78 is 40.1. The molecule has 0 saturated carbocycles. The Hall–Kier alpha value is -3.70. The molecule has 1 saturated heterocycles. The summed E-state index contributed by atoms with van der Waals surface area (Å²) in [6.45, 7) is 7.02. The number of aromatic nitrogens is 1. The number of sulfonamides is 1. The van der Waals surface area contributed by atoms with E-state index >= 15 is 0 Å². The molecule has 1 aromatic heterocycles. The molecule has 2 heterocycles. The Labute approximate surface area is 221 Å². The molecule has 1 unspecified atom stereocenters. The molecule has 2 aromatic carbocycles. The zero-order chi connectivity index (χ0) is 27.7. The van der Waals surface area contributed by atoms with E-state index in [0.717, 1.165) is 5.56 Å². The highest BCUT2D eigenvalue weighted by Crippen LogP contribution is 2.27. The molecular weight excluding hydrogens is 510 g/mol. The van der Waals surface area contributed by atoms with Crippen LogP contribution in [0, 0.1) is 6.92 Å². The molecule has 0 bridgehead atoms. The number of pyridine rings is 1. The first kappa shape index (κ1) is 27.3. The first-order chi connectivity index (χ1) is 17.9. The standard InChI is InChI=1S/C27H31N3O7S/c1-18-8-5-6-9-20(18)25(32)36-17-29-14-13-21-22(24(29)31)10-7-11-23(21)38(34,35)30-15-12-19(16-30)28-26(33)37-27(2,3)4/h5-11,13-14,19H,12,15-17H2,1-4H3,(H,28,33). The predicted octanol–water partition coefficient (Wildman–Crippen LogP) is 3.41. The predicted molar refractivity (Wildman–Crippen MR) is 141 cm³/mol. The molecule has 1 N–H and O–H groups in total. The molecule has 1 aliphatic rings. The molecule has 11 heteroatoms. The third kappa shape index (κ3) is 5.89. The number of rotatable bonds is 6. The van der Waals surface area contributed by atoms with Crippen LogP contribution in [-0.2, 0) is 26.2 Å². The number of carbonyl (C=O) groups excluding carboxylic acids is 2. The van der Waals surface area contributed by atoms with Crippen molar-refractivity contribution in [1.29, 1.82) is 0 Å². The lowest BCUT2D eigenvalue weighted by molar-refractivity contribution is 0.0365. The van der Waals surface area contributed by atoms with E-state index in [-0.39, 0.29) is 35.5 Å². The van der Waals surface area contributed by atoms with Crippen molar-refractivity contribution in [3.05, 3.63) is 76.2 Å². The maximum absolute atomic E-state index is 13.5. The van der Waals surface area contributed by atoms with Crippen molar-refractivity contribution in [2.24, 2.45) is 0 Å². The van der Waals surface area contributed by atoms with E-state index < -0.39 is 39.3 Å². The van der Waals surface area contributed by atoms with Crippen LogP contribution in [0.4, 0.5) is 4.79 Å². The normalized spacial score (nSPS) is 16.4. The van der Waals surface area contributed by atoms with E-state index in [2.05, 4.69) is 5.32 Å². The van der Waals surface area contributed by atoms with E-state index in [9.17, 15) is 22.8 Å². The summed E-state index contributed by atoms with van der Waals surface area (Å²) in [5, 5.41) is 3.17. The zero-order valence-corrected chi connectivity index (χ0v) is 22.6. The number of hydrogen-bond donors (Lipinski definition) is 1. The first-order valence-corrected chi connectivity index (χ1v) is 13.7. The molecule has 202 valence electrons. The monoisotopic (exact) mass is 541 g/mol. The van der Waals surface area contributed by atoms with E-state index in [1.807, 2.05) is 6.07 Å². The molecule has 0 spiro atoms. The fourth-order valence-electron chi connectivity index (χ4n) is 4.30. The maximum Gasteiger partial charge on any atom is 0.407 e. The second-order valence-corrected chi connectivity index (χ2v) is 12.1. The Bertz CT molecular complexity index is 1540. The van der Waals surface area contributed by atoms with Crippen LogP contribution in [0.5, 0.6) is 0 Å². The van der Waals surface area contributed by atoms with Gasteiger partial charge in [0, 0.05) is 36.1 Å². The highest BCUT2D eigenvalue weighted by molar-refractivity contribution is 7.89. The third-order valence-corrected chi connectivity index (χ3v) is 8.09. The second kappa shape index (κ2) is 10.6. The van der Waals surface area contributed by atoms with Gasteiger partial charge < -0.3 is 14.8 Å². The van der Waals surface area contributed by atoms with Gasteiger partial charge in [0.2, 0.25) is 10.0 Å². The highest BCUT2D eigenvalue weighted by Gasteiger charge is 2.35. The number of nitrogens with zero attached hydrogens (tertiary/aromatic N) is 2. The fourth-order valence-corrected chi connectivity index (χ4v) is 6.01. The molecule has 38 heavy (non-hydrogen) atoms. The summed E-state index contributed by atoms with van der Waals surface area (Å²) in [5.74, 6) is -0.560. The minimum atomic E-state index is -3.96. The van der Waals surface area contributed by atoms with Crippen LogP contribution in [0.1, 0.15) is 43.1 Å². The number of hydrogen-bond acceptors (Lipinski definition) is 7. The number of alkyl carbamates (subject to hydrolysis) is 1. The lowest BCUT2D eigenvalue weighted by Gasteiger charge is -2.22. The van der Waals surface area contributed by atoms with Crippen molar-refractivity contribution in [3.8, 4) is 0 Å². The topological polar surface area (TPSA) is 124 Å². The van der Waals surface area contributed by atoms with Gasteiger partial charge in [-0.1, -0.05) is 24.3 Å². The number of amides is 1. The number of nitrogens with one attached hydrogen (secondary N) is 1. The molecular formula is C27H31N3O7S. The molecule has 3 aromatic rings. The van der Waals surface area contributed by atoms with Gasteiger partial charge in [-0.3, -0.25) is 9.36 Å². The van der Waals surface area contributed by atoms with E-state index in [4.69, 9.17) is 9.47 Å². The average molecular weight is 542 g/mol. The number of aryl methyl sites for hydroxylation is 1. The second-order valence-electron chi connectivity index (χ2n) is 10.2. The number of esters is 1. The molecule has 1 atom stereocenters. The van der Waals surface area contributed by atoms with Gasteiger partial charge in [-0.15, -0.1) is 0 Å². The maximum atomic E-state index is 13.5. The van der Waals surface area contributed by atoms with Crippen molar-refractivity contribution < 1.29 is 27.5 Å². The lowest BCUT2D eigenvalue weighted by Crippen LogP contribution is -2.41. The summed E-state index contributed by atoms with van der Waals surface area (Å²) in [7, 11) is -3.96. The van der Waals surface area contributed by atoms with Gasteiger partial charge in [0.25, 0.3) is 5.56 Å². The fraction of sp³-hybridized carbons (Fsp3) is 0.370. The van der Waals surface area contributed by atoms with Crippen LogP contribution < -0.4 is 10.9 Å². The van der Waals surface area contributed by atoms with E-state index in [1.165, 1.54) is 39.3 Å². The summed E-state index contributed by atoms with van der Waals surface area (Å²) in [5.41, 5.74) is 0.00909. The van der Waals surface area contributed by atoms with Crippen molar-refractivity contribution in [2.45, 2.75) is 57.4 Å². The molecule has 1 amide bonds. The van der Waals surface area contributed by atoms with Crippen LogP contribution in [0.25, 0.3) is 10.8 Å². The SMILES string of the molecule is Cc1ccccc1C(=O)OCn1ccc2c(S(=O)(=O)N3CCC(NC(=O)OC(C)(C)C)C3)cccc2c1=O. The Morgan fingerprint density at radius 3 is 2.50 bits per heavy atom. The molecule has 1 fully saturated rings. The largest absolute Gasteiger partial charge is 0.444 e. The first-order valence-electron chi connectivity index (χ1n) is 12.2.